The van der Waals surface area contributed by atoms with Crippen LogP contribution < -0.4 is 16.0 Å². The van der Waals surface area contributed by atoms with Gasteiger partial charge in [0.25, 0.3) is 5.91 Å². The number of carbonyl (C=O) groups excluding carboxylic acids is 2. The Morgan fingerprint density at radius 1 is 1.17 bits per heavy atom. The van der Waals surface area contributed by atoms with Gasteiger partial charge in [-0.15, -0.1) is 0 Å². The second-order valence-corrected chi connectivity index (χ2v) is 8.07. The number of amides is 2. The molecule has 1 heterocycles. The van der Waals surface area contributed by atoms with Crippen molar-refractivity contribution in [2.75, 3.05) is 26.2 Å². The van der Waals surface area contributed by atoms with Crippen LogP contribution in [0.1, 0.15) is 62.9 Å². The van der Waals surface area contributed by atoms with Crippen molar-refractivity contribution in [3.63, 3.8) is 0 Å². The van der Waals surface area contributed by atoms with E-state index in [0.717, 1.165) is 43.9 Å². The van der Waals surface area contributed by atoms with Gasteiger partial charge < -0.3 is 20.9 Å². The lowest BCUT2D eigenvalue weighted by molar-refractivity contribution is -0.133. The number of nitrogens with one attached hydrogen (secondary N) is 3. The summed E-state index contributed by atoms with van der Waals surface area (Å²) in [5.74, 6) is 0.959. The molecule has 1 aromatic rings. The smallest absolute Gasteiger partial charge is 0.251 e. The molecule has 0 saturated carbocycles. The molecule has 0 spiro atoms. The SMILES string of the molecule is CCCCNC(=O)c1ccc(CN=C(NCC)NC2CCN(C(=O)C(C)C)C2)cc1. The van der Waals surface area contributed by atoms with Gasteiger partial charge >= 0.3 is 0 Å². The van der Waals surface area contributed by atoms with Crippen molar-refractivity contribution >= 4 is 17.8 Å². The summed E-state index contributed by atoms with van der Waals surface area (Å²) in [5.41, 5.74) is 1.71. The highest BCUT2D eigenvalue weighted by molar-refractivity contribution is 5.94. The maximum Gasteiger partial charge on any atom is 0.251 e. The van der Waals surface area contributed by atoms with Gasteiger partial charge in [0.2, 0.25) is 5.91 Å². The van der Waals surface area contributed by atoms with Crippen LogP contribution in [0.2, 0.25) is 0 Å². The van der Waals surface area contributed by atoms with E-state index in [1.54, 1.807) is 0 Å². The Morgan fingerprint density at radius 2 is 1.90 bits per heavy atom. The number of hydrogen-bond donors (Lipinski definition) is 3. The van der Waals surface area contributed by atoms with Gasteiger partial charge in [-0.3, -0.25) is 9.59 Å². The van der Waals surface area contributed by atoms with Gasteiger partial charge in [0, 0.05) is 43.7 Å². The fourth-order valence-electron chi connectivity index (χ4n) is 3.37. The summed E-state index contributed by atoms with van der Waals surface area (Å²) in [5, 5.41) is 9.66. The van der Waals surface area contributed by atoms with Gasteiger partial charge in [-0.2, -0.15) is 0 Å². The molecule has 7 nitrogen and oxygen atoms in total. The third-order valence-corrected chi connectivity index (χ3v) is 5.13. The molecular formula is C23H37N5O2. The second-order valence-electron chi connectivity index (χ2n) is 8.07. The van der Waals surface area contributed by atoms with Gasteiger partial charge in [0.1, 0.15) is 0 Å². The van der Waals surface area contributed by atoms with E-state index < -0.39 is 0 Å². The van der Waals surface area contributed by atoms with Gasteiger partial charge in [-0.25, -0.2) is 4.99 Å². The molecule has 0 aliphatic carbocycles. The van der Waals surface area contributed by atoms with E-state index in [0.29, 0.717) is 25.2 Å². The van der Waals surface area contributed by atoms with Crippen LogP contribution in [0.15, 0.2) is 29.3 Å². The zero-order valence-corrected chi connectivity index (χ0v) is 18.8. The highest BCUT2D eigenvalue weighted by Crippen LogP contribution is 2.13. The van der Waals surface area contributed by atoms with Gasteiger partial charge in [-0.1, -0.05) is 39.3 Å². The minimum absolute atomic E-state index is 0.0300. The van der Waals surface area contributed by atoms with Crippen molar-refractivity contribution in [2.45, 2.75) is 59.5 Å². The monoisotopic (exact) mass is 415 g/mol. The van der Waals surface area contributed by atoms with E-state index >= 15 is 0 Å². The first kappa shape index (κ1) is 23.7. The molecule has 3 N–H and O–H groups in total. The predicted molar refractivity (Wildman–Crippen MR) is 121 cm³/mol. The second kappa shape index (κ2) is 12.2. The number of aliphatic imine (C=N–C) groups is 1. The fourth-order valence-corrected chi connectivity index (χ4v) is 3.37. The molecule has 1 aromatic carbocycles. The zero-order chi connectivity index (χ0) is 21.9. The predicted octanol–water partition coefficient (Wildman–Crippen LogP) is 2.53. The van der Waals surface area contributed by atoms with Crippen LogP contribution in [0.5, 0.6) is 0 Å². The molecule has 1 fully saturated rings. The lowest BCUT2D eigenvalue weighted by Gasteiger charge is -2.20. The molecule has 1 aliphatic heterocycles. The molecule has 0 aromatic heterocycles. The Hall–Kier alpha value is -2.57. The van der Waals surface area contributed by atoms with Crippen molar-refractivity contribution in [3.8, 4) is 0 Å². The van der Waals surface area contributed by atoms with Crippen LogP contribution in [-0.4, -0.2) is 54.9 Å². The molecule has 1 aliphatic rings. The maximum atomic E-state index is 12.2. The molecule has 2 amide bonds. The maximum absolute atomic E-state index is 12.2. The zero-order valence-electron chi connectivity index (χ0n) is 18.8. The van der Waals surface area contributed by atoms with E-state index in [2.05, 4.69) is 27.9 Å². The summed E-state index contributed by atoms with van der Waals surface area (Å²) in [6.07, 6.45) is 2.97. The van der Waals surface area contributed by atoms with Gasteiger partial charge in [0.15, 0.2) is 5.96 Å². The van der Waals surface area contributed by atoms with Crippen LogP contribution in [0.25, 0.3) is 0 Å². The van der Waals surface area contributed by atoms with Crippen LogP contribution in [0, 0.1) is 5.92 Å². The minimum atomic E-state index is -0.0322. The quantitative estimate of drug-likeness (QED) is 0.329. The highest BCUT2D eigenvalue weighted by Gasteiger charge is 2.27. The lowest BCUT2D eigenvalue weighted by atomic mass is 10.1. The molecule has 0 radical (unpaired) electrons. The number of hydrogen-bond acceptors (Lipinski definition) is 3. The Kier molecular flexibility index (Phi) is 9.64. The van der Waals surface area contributed by atoms with Gasteiger partial charge in [0.05, 0.1) is 6.54 Å². The first-order valence-corrected chi connectivity index (χ1v) is 11.1. The normalized spacial score (nSPS) is 16.6. The van der Waals surface area contributed by atoms with Crippen LogP contribution >= 0.6 is 0 Å². The number of benzene rings is 1. The topological polar surface area (TPSA) is 85.8 Å². The largest absolute Gasteiger partial charge is 0.357 e. The minimum Gasteiger partial charge on any atom is -0.357 e. The molecule has 0 bridgehead atoms. The highest BCUT2D eigenvalue weighted by atomic mass is 16.2. The molecule has 30 heavy (non-hydrogen) atoms. The van der Waals surface area contributed by atoms with Crippen molar-refractivity contribution in [1.29, 1.82) is 0 Å². The lowest BCUT2D eigenvalue weighted by Crippen LogP contribution is -2.45. The first-order chi connectivity index (χ1) is 14.4. The molecule has 1 saturated heterocycles. The van der Waals surface area contributed by atoms with Crippen molar-refractivity contribution < 1.29 is 9.59 Å². The molecular weight excluding hydrogens is 378 g/mol. The third-order valence-electron chi connectivity index (χ3n) is 5.13. The fraction of sp³-hybridized carbons (Fsp3) is 0.609. The Morgan fingerprint density at radius 3 is 2.53 bits per heavy atom. The molecule has 1 atom stereocenters. The third kappa shape index (κ3) is 7.35. The van der Waals surface area contributed by atoms with E-state index in [9.17, 15) is 9.59 Å². The summed E-state index contributed by atoms with van der Waals surface area (Å²) < 4.78 is 0. The van der Waals surface area contributed by atoms with E-state index in [1.807, 2.05) is 49.9 Å². The van der Waals surface area contributed by atoms with Crippen molar-refractivity contribution in [2.24, 2.45) is 10.9 Å². The molecule has 166 valence electrons. The average Bonchev–Trinajstić information content (AvgIpc) is 3.20. The summed E-state index contributed by atoms with van der Waals surface area (Å²) >= 11 is 0. The summed E-state index contributed by atoms with van der Waals surface area (Å²) in [6.45, 7) is 11.5. The van der Waals surface area contributed by atoms with Crippen LogP contribution in [0.3, 0.4) is 0 Å². The van der Waals surface area contributed by atoms with E-state index in [4.69, 9.17) is 0 Å². The molecule has 2 rings (SSSR count). The first-order valence-electron chi connectivity index (χ1n) is 11.1. The van der Waals surface area contributed by atoms with E-state index in [1.165, 1.54) is 0 Å². The number of carbonyl (C=O) groups is 2. The number of unbranched alkanes of at least 4 members (excludes halogenated alkanes) is 1. The summed E-state index contributed by atoms with van der Waals surface area (Å²) in [7, 11) is 0. The van der Waals surface area contributed by atoms with Crippen molar-refractivity contribution in [3.05, 3.63) is 35.4 Å². The number of likely N-dealkylation sites (tertiary alicyclic amines) is 1. The number of rotatable bonds is 9. The van der Waals surface area contributed by atoms with Crippen LogP contribution in [-0.2, 0) is 11.3 Å². The standard InChI is InChI=1S/C23H37N5O2/c1-5-7-13-25-21(29)19-10-8-18(9-11-19)15-26-23(24-6-2)27-20-12-14-28(16-20)22(30)17(3)4/h8-11,17,20H,5-7,12-16H2,1-4H3,(H,25,29)(H2,24,26,27). The molecule has 7 heteroatoms. The summed E-state index contributed by atoms with van der Waals surface area (Å²) in [4.78, 5) is 30.9. The molecule has 1 unspecified atom stereocenters. The average molecular weight is 416 g/mol. The van der Waals surface area contributed by atoms with Crippen molar-refractivity contribution in [1.82, 2.24) is 20.9 Å². The van der Waals surface area contributed by atoms with E-state index in [-0.39, 0.29) is 23.8 Å². The van der Waals surface area contributed by atoms with Gasteiger partial charge in [-0.05, 0) is 37.5 Å². The number of guanidine groups is 1. The van der Waals surface area contributed by atoms with Crippen LogP contribution in [0.4, 0.5) is 0 Å². The Balaban J connectivity index is 1.90. The number of nitrogens with zero attached hydrogens (tertiary/aromatic N) is 2. The summed E-state index contributed by atoms with van der Waals surface area (Å²) in [6, 6.07) is 7.79. The Bertz CT molecular complexity index is 715. The Labute approximate surface area is 180 Å².